The predicted octanol–water partition coefficient (Wildman–Crippen LogP) is 6.50. The van der Waals surface area contributed by atoms with Crippen LogP contribution in [-0.4, -0.2) is 27.4 Å². The van der Waals surface area contributed by atoms with Crippen molar-refractivity contribution in [2.75, 3.05) is 0 Å². The summed E-state index contributed by atoms with van der Waals surface area (Å²) in [5, 5.41) is 13.5. The number of hydrogen-bond acceptors (Lipinski definition) is 5. The lowest BCUT2D eigenvalue weighted by atomic mass is 9.62. The molecule has 0 bridgehead atoms. The standard InChI is InChI=1S/C25H27BrN2O3S/c1-23(2,3)31-22(29)28-25(14-24(4,30)15-25)18-12-10-16(11-13-18)19-20(32-21(26)27-19)17-8-6-5-7-9-17/h5-13,30H,14-15H2,1-4H3,(H,28,29). The number of benzene rings is 2. The minimum absolute atomic E-state index is 0.427. The molecule has 0 spiro atoms. The minimum atomic E-state index is -0.825. The van der Waals surface area contributed by atoms with Crippen LogP contribution in [0.25, 0.3) is 21.7 Å². The number of carbonyl (C=O) groups is 1. The summed E-state index contributed by atoms with van der Waals surface area (Å²) in [4.78, 5) is 18.3. The van der Waals surface area contributed by atoms with E-state index in [4.69, 9.17) is 9.72 Å². The van der Waals surface area contributed by atoms with E-state index in [1.165, 1.54) is 0 Å². The molecule has 2 aromatic carbocycles. The average Bonchev–Trinajstić information content (AvgIpc) is 3.07. The summed E-state index contributed by atoms with van der Waals surface area (Å²) in [5.74, 6) is 0. The quantitative estimate of drug-likeness (QED) is 0.416. The van der Waals surface area contributed by atoms with Crippen LogP contribution in [0.5, 0.6) is 0 Å². The number of ether oxygens (including phenoxy) is 1. The second-order valence-electron chi connectivity index (χ2n) is 9.65. The number of hydrogen-bond donors (Lipinski definition) is 2. The van der Waals surface area contributed by atoms with E-state index in [0.717, 1.165) is 31.2 Å². The van der Waals surface area contributed by atoms with Crippen molar-refractivity contribution >= 4 is 33.4 Å². The molecule has 168 valence electrons. The van der Waals surface area contributed by atoms with E-state index in [9.17, 15) is 9.90 Å². The fourth-order valence-corrected chi connectivity index (χ4v) is 5.82. The lowest BCUT2D eigenvalue weighted by Crippen LogP contribution is -2.62. The van der Waals surface area contributed by atoms with Gasteiger partial charge in [-0.15, -0.1) is 11.3 Å². The number of amides is 1. The maximum absolute atomic E-state index is 12.5. The number of aromatic nitrogens is 1. The zero-order valence-electron chi connectivity index (χ0n) is 18.6. The Labute approximate surface area is 201 Å². The smallest absolute Gasteiger partial charge is 0.408 e. The van der Waals surface area contributed by atoms with Gasteiger partial charge in [-0.05, 0) is 54.8 Å². The molecule has 1 heterocycles. The summed E-state index contributed by atoms with van der Waals surface area (Å²) in [6.07, 6.45) is 0.374. The Morgan fingerprint density at radius 2 is 1.72 bits per heavy atom. The van der Waals surface area contributed by atoms with Gasteiger partial charge < -0.3 is 15.2 Å². The molecule has 0 aliphatic heterocycles. The summed E-state index contributed by atoms with van der Waals surface area (Å²) in [5.41, 5.74) is 1.89. The Bertz CT molecular complexity index is 1110. The molecule has 1 fully saturated rings. The molecule has 0 saturated heterocycles. The van der Waals surface area contributed by atoms with E-state index < -0.39 is 22.8 Å². The summed E-state index contributed by atoms with van der Waals surface area (Å²) in [6, 6.07) is 18.2. The molecule has 32 heavy (non-hydrogen) atoms. The van der Waals surface area contributed by atoms with Crippen LogP contribution >= 0.6 is 27.3 Å². The first-order chi connectivity index (χ1) is 15.0. The lowest BCUT2D eigenvalue weighted by molar-refractivity contribution is -0.0891. The van der Waals surface area contributed by atoms with Crippen molar-refractivity contribution in [2.24, 2.45) is 0 Å². The predicted molar refractivity (Wildman–Crippen MR) is 132 cm³/mol. The SMILES string of the molecule is CC1(O)CC(NC(=O)OC(C)(C)C)(c2ccc(-c3nc(Br)sc3-c3ccccc3)cc2)C1. The highest BCUT2D eigenvalue weighted by atomic mass is 79.9. The van der Waals surface area contributed by atoms with E-state index >= 15 is 0 Å². The molecule has 2 N–H and O–H groups in total. The Hall–Kier alpha value is -2.22. The van der Waals surface area contributed by atoms with Gasteiger partial charge in [-0.3, -0.25) is 0 Å². The number of nitrogens with zero attached hydrogens (tertiary/aromatic N) is 1. The van der Waals surface area contributed by atoms with E-state index in [-0.39, 0.29) is 0 Å². The molecule has 1 saturated carbocycles. The number of carbonyl (C=O) groups excluding carboxylic acids is 1. The summed E-state index contributed by atoms with van der Waals surface area (Å²) in [7, 11) is 0. The molecule has 1 aliphatic rings. The van der Waals surface area contributed by atoms with Crippen LogP contribution < -0.4 is 5.32 Å². The first kappa shape index (κ1) is 23.0. The van der Waals surface area contributed by atoms with E-state index in [2.05, 4.69) is 33.4 Å². The first-order valence-corrected chi connectivity index (χ1v) is 12.1. The molecule has 0 unspecified atom stereocenters. The molecule has 4 rings (SSSR count). The van der Waals surface area contributed by atoms with Crippen molar-refractivity contribution in [1.29, 1.82) is 0 Å². The fraction of sp³-hybridized carbons (Fsp3) is 0.360. The van der Waals surface area contributed by atoms with E-state index in [1.54, 1.807) is 18.3 Å². The summed E-state index contributed by atoms with van der Waals surface area (Å²) < 4.78 is 6.30. The van der Waals surface area contributed by atoms with E-state index in [1.807, 2.05) is 63.2 Å². The molecule has 0 radical (unpaired) electrons. The lowest BCUT2D eigenvalue weighted by Gasteiger charge is -2.52. The second-order valence-corrected chi connectivity index (χ2v) is 11.9. The second kappa shape index (κ2) is 8.28. The van der Waals surface area contributed by atoms with Gasteiger partial charge in [-0.2, -0.15) is 0 Å². The molecule has 1 aliphatic carbocycles. The van der Waals surface area contributed by atoms with Crippen LogP contribution in [0.2, 0.25) is 0 Å². The summed E-state index contributed by atoms with van der Waals surface area (Å²) >= 11 is 5.13. The highest BCUT2D eigenvalue weighted by Gasteiger charge is 2.53. The average molecular weight is 515 g/mol. The zero-order valence-corrected chi connectivity index (χ0v) is 21.0. The van der Waals surface area contributed by atoms with Crippen molar-refractivity contribution < 1.29 is 14.6 Å². The molecule has 3 aromatic rings. The van der Waals surface area contributed by atoms with Gasteiger partial charge in [0.25, 0.3) is 0 Å². The molecule has 1 amide bonds. The Kier molecular flexibility index (Phi) is 5.94. The maximum Gasteiger partial charge on any atom is 0.408 e. The maximum atomic E-state index is 12.5. The van der Waals surface area contributed by atoms with Crippen molar-refractivity contribution in [3.63, 3.8) is 0 Å². The van der Waals surface area contributed by atoms with Gasteiger partial charge in [-0.1, -0.05) is 54.6 Å². The first-order valence-electron chi connectivity index (χ1n) is 10.5. The Morgan fingerprint density at radius 1 is 1.09 bits per heavy atom. The largest absolute Gasteiger partial charge is 0.444 e. The minimum Gasteiger partial charge on any atom is -0.444 e. The highest BCUT2D eigenvalue weighted by Crippen LogP contribution is 2.49. The number of thiazole rings is 1. The molecular weight excluding hydrogens is 488 g/mol. The third-order valence-electron chi connectivity index (χ3n) is 5.45. The Morgan fingerprint density at radius 3 is 2.28 bits per heavy atom. The van der Waals surface area contributed by atoms with Crippen LogP contribution in [0.1, 0.15) is 46.1 Å². The van der Waals surface area contributed by atoms with Crippen LogP contribution in [0, 0.1) is 0 Å². The van der Waals surface area contributed by atoms with Gasteiger partial charge in [0.2, 0.25) is 0 Å². The van der Waals surface area contributed by atoms with Crippen LogP contribution in [0.4, 0.5) is 4.79 Å². The van der Waals surface area contributed by atoms with Gasteiger partial charge in [-0.25, -0.2) is 9.78 Å². The molecule has 1 aromatic heterocycles. The number of rotatable bonds is 4. The third kappa shape index (κ3) is 4.90. The molecule has 7 heteroatoms. The van der Waals surface area contributed by atoms with Crippen molar-refractivity contribution in [1.82, 2.24) is 10.3 Å². The summed E-state index contributed by atoms with van der Waals surface area (Å²) in [6.45, 7) is 7.29. The highest BCUT2D eigenvalue weighted by molar-refractivity contribution is 9.11. The number of alkyl carbamates (subject to hydrolysis) is 1. The number of nitrogens with one attached hydrogen (secondary N) is 1. The van der Waals surface area contributed by atoms with Crippen LogP contribution in [-0.2, 0) is 10.3 Å². The molecule has 5 nitrogen and oxygen atoms in total. The van der Waals surface area contributed by atoms with Crippen LogP contribution in [0.3, 0.4) is 0 Å². The van der Waals surface area contributed by atoms with Crippen LogP contribution in [0.15, 0.2) is 58.5 Å². The van der Waals surface area contributed by atoms with Gasteiger partial charge in [0, 0.05) is 18.4 Å². The van der Waals surface area contributed by atoms with Gasteiger partial charge >= 0.3 is 6.09 Å². The number of halogens is 1. The third-order valence-corrected chi connectivity index (χ3v) is 7.01. The Balaban J connectivity index is 1.63. The zero-order chi connectivity index (χ0) is 23.1. The molecule has 0 atom stereocenters. The fourth-order valence-electron chi connectivity index (χ4n) is 4.33. The normalized spacial score (nSPS) is 22.8. The van der Waals surface area contributed by atoms with E-state index in [0.29, 0.717) is 12.8 Å². The van der Waals surface area contributed by atoms with Crippen molar-refractivity contribution in [2.45, 2.75) is 57.3 Å². The monoisotopic (exact) mass is 514 g/mol. The van der Waals surface area contributed by atoms with Crippen molar-refractivity contribution in [3.8, 4) is 21.7 Å². The number of aliphatic hydroxyl groups is 1. The van der Waals surface area contributed by atoms with Crippen molar-refractivity contribution in [3.05, 3.63) is 64.1 Å². The van der Waals surface area contributed by atoms with Gasteiger partial charge in [0.05, 0.1) is 21.7 Å². The topological polar surface area (TPSA) is 71.5 Å². The van der Waals surface area contributed by atoms with Gasteiger partial charge in [0.1, 0.15) is 5.60 Å². The van der Waals surface area contributed by atoms with Gasteiger partial charge in [0.15, 0.2) is 3.92 Å². The molecular formula is C25H27BrN2O3S.